The monoisotopic (exact) mass is 167 g/mol. The molecule has 12 heavy (non-hydrogen) atoms. The third-order valence-electron chi connectivity index (χ3n) is 4.10. The van der Waals surface area contributed by atoms with Gasteiger partial charge in [-0.25, -0.2) is 0 Å². The first-order valence-corrected chi connectivity index (χ1v) is 5.50. The smallest absolute Gasteiger partial charge is 0.00645 e. The highest BCUT2D eigenvalue weighted by Crippen LogP contribution is 2.48. The second-order valence-electron chi connectivity index (χ2n) is 4.83. The van der Waals surface area contributed by atoms with Crippen molar-refractivity contribution in [3.8, 4) is 0 Å². The van der Waals surface area contributed by atoms with Gasteiger partial charge < -0.3 is 4.90 Å². The van der Waals surface area contributed by atoms with Crippen molar-refractivity contribution in [2.45, 2.75) is 52.0 Å². The molecule has 0 N–H and O–H groups in total. The minimum atomic E-state index is 0.795. The van der Waals surface area contributed by atoms with E-state index in [9.17, 15) is 0 Å². The molecule has 2 rings (SSSR count). The Balaban J connectivity index is 1.89. The van der Waals surface area contributed by atoms with Crippen LogP contribution in [-0.4, -0.2) is 24.0 Å². The molecule has 1 aliphatic carbocycles. The third-order valence-corrected chi connectivity index (χ3v) is 4.10. The van der Waals surface area contributed by atoms with Crippen molar-refractivity contribution in [2.24, 2.45) is 5.41 Å². The van der Waals surface area contributed by atoms with E-state index in [0.29, 0.717) is 0 Å². The van der Waals surface area contributed by atoms with Gasteiger partial charge in [-0.2, -0.15) is 0 Å². The van der Waals surface area contributed by atoms with E-state index in [1.54, 1.807) is 0 Å². The van der Waals surface area contributed by atoms with E-state index < -0.39 is 0 Å². The molecule has 0 aromatic rings. The van der Waals surface area contributed by atoms with Crippen molar-refractivity contribution in [3.05, 3.63) is 0 Å². The second-order valence-corrected chi connectivity index (χ2v) is 4.83. The third kappa shape index (κ3) is 1.28. The summed E-state index contributed by atoms with van der Waals surface area (Å²) in [6.45, 7) is 7.45. The fourth-order valence-corrected chi connectivity index (χ4v) is 2.69. The van der Waals surface area contributed by atoms with Gasteiger partial charge in [0.2, 0.25) is 0 Å². The van der Waals surface area contributed by atoms with Crippen LogP contribution in [0.3, 0.4) is 0 Å². The van der Waals surface area contributed by atoms with Crippen LogP contribution in [0.2, 0.25) is 0 Å². The van der Waals surface area contributed by atoms with Crippen LogP contribution in [0.5, 0.6) is 0 Å². The molecule has 1 spiro atoms. The summed E-state index contributed by atoms with van der Waals surface area (Å²) in [4.78, 5) is 2.69. The van der Waals surface area contributed by atoms with Crippen LogP contribution in [0.4, 0.5) is 0 Å². The summed E-state index contributed by atoms with van der Waals surface area (Å²) < 4.78 is 0. The lowest BCUT2D eigenvalue weighted by atomic mass is 9.68. The fourth-order valence-electron chi connectivity index (χ4n) is 2.69. The number of likely N-dealkylation sites (tertiary alicyclic amines) is 1. The Hall–Kier alpha value is -0.0400. The molecule has 1 saturated carbocycles. The van der Waals surface area contributed by atoms with Crippen molar-refractivity contribution in [3.63, 3.8) is 0 Å². The van der Waals surface area contributed by atoms with E-state index >= 15 is 0 Å². The molecule has 0 aromatic heterocycles. The normalized spacial score (nSPS) is 30.5. The topological polar surface area (TPSA) is 3.24 Å². The average Bonchev–Trinajstić information content (AvgIpc) is 2.46. The molecule has 70 valence electrons. The molecule has 1 heteroatoms. The zero-order valence-electron chi connectivity index (χ0n) is 8.47. The Kier molecular flexibility index (Phi) is 2.16. The van der Waals surface area contributed by atoms with E-state index in [4.69, 9.17) is 0 Å². The van der Waals surface area contributed by atoms with Crippen molar-refractivity contribution in [1.29, 1.82) is 0 Å². The largest absolute Gasteiger partial charge is 0.300 e. The van der Waals surface area contributed by atoms with Gasteiger partial charge in [0, 0.05) is 12.6 Å². The lowest BCUT2D eigenvalue weighted by Crippen LogP contribution is -2.36. The molecular weight excluding hydrogens is 146 g/mol. The van der Waals surface area contributed by atoms with Gasteiger partial charge in [-0.05, 0) is 44.6 Å². The highest BCUT2D eigenvalue weighted by atomic mass is 15.2. The van der Waals surface area contributed by atoms with E-state index in [-0.39, 0.29) is 0 Å². The summed E-state index contributed by atoms with van der Waals surface area (Å²) in [5, 5.41) is 0. The molecule has 1 saturated heterocycles. The molecule has 1 atom stereocenters. The predicted molar refractivity (Wildman–Crippen MR) is 52.2 cm³/mol. The first kappa shape index (κ1) is 8.55. The minimum Gasteiger partial charge on any atom is -0.300 e. The molecule has 2 fully saturated rings. The maximum Gasteiger partial charge on any atom is 0.00645 e. The fraction of sp³-hybridized carbons (Fsp3) is 1.00. The summed E-state index contributed by atoms with van der Waals surface area (Å²) in [5.41, 5.74) is 0.795. The van der Waals surface area contributed by atoms with Crippen LogP contribution >= 0.6 is 0 Å². The molecule has 2 aliphatic rings. The summed E-state index contributed by atoms with van der Waals surface area (Å²) in [5.74, 6) is 0. The Morgan fingerprint density at radius 1 is 1.33 bits per heavy atom. The maximum absolute atomic E-state index is 2.69. The Bertz CT molecular complexity index is 160. The first-order chi connectivity index (χ1) is 5.76. The minimum absolute atomic E-state index is 0.795. The van der Waals surface area contributed by atoms with Crippen LogP contribution in [0, 0.1) is 5.41 Å². The number of hydrogen-bond donors (Lipinski definition) is 0. The number of hydrogen-bond acceptors (Lipinski definition) is 1. The molecule has 0 bridgehead atoms. The average molecular weight is 167 g/mol. The molecular formula is C11H21N. The van der Waals surface area contributed by atoms with Gasteiger partial charge in [-0.3, -0.25) is 0 Å². The highest BCUT2D eigenvalue weighted by molar-refractivity contribution is 4.96. The van der Waals surface area contributed by atoms with Crippen LogP contribution in [0.15, 0.2) is 0 Å². The van der Waals surface area contributed by atoms with Crippen LogP contribution in [-0.2, 0) is 0 Å². The summed E-state index contributed by atoms with van der Waals surface area (Å²) in [6, 6.07) is 0.824. The number of nitrogens with zero attached hydrogens (tertiary/aromatic N) is 1. The molecule has 1 unspecified atom stereocenters. The quantitative estimate of drug-likeness (QED) is 0.611. The van der Waals surface area contributed by atoms with Crippen molar-refractivity contribution in [1.82, 2.24) is 4.90 Å². The van der Waals surface area contributed by atoms with E-state index in [2.05, 4.69) is 18.7 Å². The Labute approximate surface area is 76.1 Å². The van der Waals surface area contributed by atoms with Crippen molar-refractivity contribution < 1.29 is 0 Å². The van der Waals surface area contributed by atoms with Gasteiger partial charge in [0.15, 0.2) is 0 Å². The lowest BCUT2D eigenvalue weighted by molar-refractivity contribution is 0.126. The van der Waals surface area contributed by atoms with Crippen LogP contribution in [0.1, 0.15) is 46.0 Å². The van der Waals surface area contributed by atoms with Crippen molar-refractivity contribution in [2.75, 3.05) is 13.1 Å². The molecule has 1 aliphatic heterocycles. The van der Waals surface area contributed by atoms with E-state index in [1.807, 2.05) is 0 Å². The Morgan fingerprint density at radius 2 is 2.08 bits per heavy atom. The summed E-state index contributed by atoms with van der Waals surface area (Å²) in [7, 11) is 0. The SMILES string of the molecule is CCC(C)N1CCC2(CCC2)C1. The van der Waals surface area contributed by atoms with Crippen LogP contribution in [0.25, 0.3) is 0 Å². The molecule has 0 aromatic carbocycles. The van der Waals surface area contributed by atoms with Gasteiger partial charge in [0.05, 0.1) is 0 Å². The first-order valence-electron chi connectivity index (χ1n) is 5.50. The van der Waals surface area contributed by atoms with E-state index in [0.717, 1.165) is 11.5 Å². The summed E-state index contributed by atoms with van der Waals surface area (Å²) >= 11 is 0. The van der Waals surface area contributed by atoms with E-state index in [1.165, 1.54) is 45.2 Å². The molecule has 0 radical (unpaired) electrons. The second kappa shape index (κ2) is 3.02. The predicted octanol–water partition coefficient (Wildman–Crippen LogP) is 2.66. The van der Waals surface area contributed by atoms with Gasteiger partial charge in [0.1, 0.15) is 0 Å². The van der Waals surface area contributed by atoms with Gasteiger partial charge in [0.25, 0.3) is 0 Å². The standard InChI is InChI=1S/C11H21N/c1-3-10(2)12-8-7-11(9-12)5-4-6-11/h10H,3-9H2,1-2H3. The molecule has 0 amide bonds. The van der Waals surface area contributed by atoms with Gasteiger partial charge >= 0.3 is 0 Å². The number of rotatable bonds is 2. The summed E-state index contributed by atoms with van der Waals surface area (Å²) in [6.07, 6.45) is 7.32. The maximum atomic E-state index is 2.69. The van der Waals surface area contributed by atoms with Gasteiger partial charge in [-0.1, -0.05) is 13.3 Å². The lowest BCUT2D eigenvalue weighted by Gasteiger charge is -2.39. The Morgan fingerprint density at radius 3 is 2.50 bits per heavy atom. The van der Waals surface area contributed by atoms with Gasteiger partial charge in [-0.15, -0.1) is 0 Å². The zero-order chi connectivity index (χ0) is 8.60. The molecule has 1 nitrogen and oxygen atoms in total. The van der Waals surface area contributed by atoms with Crippen molar-refractivity contribution >= 4 is 0 Å². The zero-order valence-corrected chi connectivity index (χ0v) is 8.47. The van der Waals surface area contributed by atoms with Crippen LogP contribution < -0.4 is 0 Å². The molecule has 1 heterocycles. The highest BCUT2D eigenvalue weighted by Gasteiger charge is 2.43.